The molecule has 0 bridgehead atoms. The van der Waals surface area contributed by atoms with Crippen LogP contribution in [-0.4, -0.2) is 13.0 Å². The highest BCUT2D eigenvalue weighted by atomic mass is 79.9. The minimum atomic E-state index is -0.192. The highest BCUT2D eigenvalue weighted by Gasteiger charge is 2.15. The summed E-state index contributed by atoms with van der Waals surface area (Å²) in [5, 5.41) is 3.86. The molecule has 0 saturated heterocycles. The average molecular weight is 476 g/mol. The van der Waals surface area contributed by atoms with Gasteiger partial charge in [0.1, 0.15) is 11.3 Å². The Balaban J connectivity index is 1.71. The second-order valence-electron chi connectivity index (χ2n) is 7.39. The number of furan rings is 1. The smallest absolute Gasteiger partial charge is 0.248 e. The van der Waals surface area contributed by atoms with Gasteiger partial charge in [-0.3, -0.25) is 4.79 Å². The Morgan fingerprint density at radius 1 is 1.10 bits per heavy atom. The fourth-order valence-electron chi connectivity index (χ4n) is 3.50. The van der Waals surface area contributed by atoms with Crippen molar-refractivity contribution in [1.29, 1.82) is 0 Å². The Morgan fingerprint density at radius 3 is 2.58 bits per heavy atom. The molecule has 0 spiro atoms. The fraction of sp³-hybridized carbons (Fsp3) is 0.115. The van der Waals surface area contributed by atoms with E-state index in [-0.39, 0.29) is 5.91 Å². The fourth-order valence-corrected chi connectivity index (χ4v) is 3.90. The molecule has 0 aliphatic rings. The minimum Gasteiger partial charge on any atom is -0.496 e. The van der Waals surface area contributed by atoms with E-state index in [0.29, 0.717) is 5.75 Å². The summed E-state index contributed by atoms with van der Waals surface area (Å²) in [7, 11) is 1.61. The van der Waals surface area contributed by atoms with Crippen LogP contribution in [-0.2, 0) is 4.79 Å². The van der Waals surface area contributed by atoms with Crippen molar-refractivity contribution in [3.05, 3.63) is 88.6 Å². The Kier molecular flexibility index (Phi) is 5.96. The van der Waals surface area contributed by atoms with Crippen LogP contribution in [0.3, 0.4) is 0 Å². The van der Waals surface area contributed by atoms with Gasteiger partial charge in [0.2, 0.25) is 5.91 Å². The number of allylic oxidation sites excluding steroid dienone is 1. The molecule has 1 heterocycles. The van der Waals surface area contributed by atoms with Crippen molar-refractivity contribution in [1.82, 2.24) is 0 Å². The van der Waals surface area contributed by atoms with Gasteiger partial charge < -0.3 is 14.5 Å². The van der Waals surface area contributed by atoms with Crippen LogP contribution < -0.4 is 10.1 Å². The highest BCUT2D eigenvalue weighted by molar-refractivity contribution is 9.10. The maximum atomic E-state index is 12.6. The van der Waals surface area contributed by atoms with Crippen LogP contribution in [0.4, 0.5) is 5.69 Å². The largest absolute Gasteiger partial charge is 0.496 e. The minimum absolute atomic E-state index is 0.192. The third kappa shape index (κ3) is 4.57. The summed E-state index contributed by atoms with van der Waals surface area (Å²) in [5.41, 5.74) is 6.29. The predicted molar refractivity (Wildman–Crippen MR) is 129 cm³/mol. The number of fused-ring (bicyclic) bond motifs is 1. The number of amides is 1. The molecular weight excluding hydrogens is 454 g/mol. The maximum Gasteiger partial charge on any atom is 0.248 e. The summed E-state index contributed by atoms with van der Waals surface area (Å²) in [6.07, 6.45) is 3.33. The van der Waals surface area contributed by atoms with E-state index < -0.39 is 0 Å². The molecule has 0 unspecified atom stereocenters. The van der Waals surface area contributed by atoms with Crippen molar-refractivity contribution >= 4 is 44.1 Å². The lowest BCUT2D eigenvalue weighted by molar-refractivity contribution is -0.111. The van der Waals surface area contributed by atoms with Gasteiger partial charge in [0, 0.05) is 38.8 Å². The normalized spacial score (nSPS) is 11.5. The molecule has 1 amide bonds. The summed E-state index contributed by atoms with van der Waals surface area (Å²) in [6, 6.07) is 19.6. The molecule has 3 aromatic carbocycles. The number of hydrogen-bond acceptors (Lipinski definition) is 3. The average Bonchev–Trinajstić information content (AvgIpc) is 3.17. The quantitative estimate of drug-likeness (QED) is 0.310. The van der Waals surface area contributed by atoms with E-state index in [9.17, 15) is 4.79 Å². The molecule has 31 heavy (non-hydrogen) atoms. The van der Waals surface area contributed by atoms with Crippen LogP contribution in [0.5, 0.6) is 5.75 Å². The summed E-state index contributed by atoms with van der Waals surface area (Å²) in [5.74, 6) is 0.461. The van der Waals surface area contributed by atoms with Crippen LogP contribution in [0.2, 0.25) is 0 Å². The lowest BCUT2D eigenvalue weighted by Gasteiger charge is -2.10. The second-order valence-corrected chi connectivity index (χ2v) is 8.31. The van der Waals surface area contributed by atoms with Crippen molar-refractivity contribution in [2.45, 2.75) is 13.8 Å². The summed E-state index contributed by atoms with van der Waals surface area (Å²) >= 11 is 3.53. The molecule has 4 aromatic rings. The molecule has 0 aliphatic carbocycles. The zero-order valence-corrected chi connectivity index (χ0v) is 19.1. The second kappa shape index (κ2) is 8.82. The lowest BCUT2D eigenvalue weighted by atomic mass is 9.99. The maximum absolute atomic E-state index is 12.6. The van der Waals surface area contributed by atoms with Crippen molar-refractivity contribution < 1.29 is 13.9 Å². The molecule has 4 nitrogen and oxygen atoms in total. The number of carbonyl (C=O) groups excluding carboxylic acids is 1. The van der Waals surface area contributed by atoms with Crippen molar-refractivity contribution in [3.63, 3.8) is 0 Å². The van der Waals surface area contributed by atoms with Crippen LogP contribution in [0.1, 0.15) is 18.1 Å². The van der Waals surface area contributed by atoms with Crippen LogP contribution in [0, 0.1) is 6.92 Å². The first kappa shape index (κ1) is 20.9. The zero-order valence-electron chi connectivity index (χ0n) is 17.5. The summed E-state index contributed by atoms with van der Waals surface area (Å²) in [4.78, 5) is 12.6. The molecule has 1 aromatic heterocycles. The number of methoxy groups -OCH3 is 1. The Hall–Kier alpha value is -3.31. The van der Waals surface area contributed by atoms with E-state index in [1.165, 1.54) is 0 Å². The first-order valence-corrected chi connectivity index (χ1v) is 10.7. The highest BCUT2D eigenvalue weighted by Crippen LogP contribution is 2.37. The van der Waals surface area contributed by atoms with Crippen molar-refractivity contribution in [2.24, 2.45) is 0 Å². The monoisotopic (exact) mass is 475 g/mol. The molecule has 4 rings (SSSR count). The Morgan fingerprint density at radius 2 is 1.87 bits per heavy atom. The van der Waals surface area contributed by atoms with Gasteiger partial charge in [0.25, 0.3) is 0 Å². The molecule has 0 atom stereocenters. The third-order valence-corrected chi connectivity index (χ3v) is 5.62. The standard InChI is InChI=1S/C26H22BrNO3/c1-16-7-9-20(10-8-16)28-26(29)11-17(2)21-13-22-23(18-5-4-6-19(27)12-18)15-31-25(22)14-24(21)30-3/h4-15H,1-3H3,(H,28,29)/b17-11+. The number of rotatable bonds is 5. The number of ether oxygens (including phenoxy) is 1. The van der Waals surface area contributed by atoms with E-state index in [2.05, 4.69) is 21.2 Å². The van der Waals surface area contributed by atoms with Gasteiger partial charge >= 0.3 is 0 Å². The molecule has 1 N–H and O–H groups in total. The zero-order chi connectivity index (χ0) is 22.0. The molecule has 0 saturated carbocycles. The number of anilines is 1. The van der Waals surface area contributed by atoms with Gasteiger partial charge in [-0.15, -0.1) is 0 Å². The van der Waals surface area contributed by atoms with E-state index in [1.54, 1.807) is 19.4 Å². The lowest BCUT2D eigenvalue weighted by Crippen LogP contribution is -2.08. The van der Waals surface area contributed by atoms with E-state index in [4.69, 9.17) is 9.15 Å². The number of benzene rings is 3. The Bertz CT molecular complexity index is 1290. The molecule has 156 valence electrons. The first-order valence-electron chi connectivity index (χ1n) is 9.86. The van der Waals surface area contributed by atoms with Gasteiger partial charge in [0.05, 0.1) is 13.4 Å². The SMILES string of the molecule is COc1cc2occ(-c3cccc(Br)c3)c2cc1/C(C)=C/C(=O)Nc1ccc(C)cc1. The van der Waals surface area contributed by atoms with Crippen molar-refractivity contribution in [2.75, 3.05) is 12.4 Å². The van der Waals surface area contributed by atoms with E-state index in [0.717, 1.165) is 49.0 Å². The van der Waals surface area contributed by atoms with Gasteiger partial charge in [-0.2, -0.15) is 0 Å². The first-order chi connectivity index (χ1) is 14.9. The van der Waals surface area contributed by atoms with E-state index >= 15 is 0 Å². The van der Waals surface area contributed by atoms with Gasteiger partial charge in [-0.25, -0.2) is 0 Å². The van der Waals surface area contributed by atoms with E-state index in [1.807, 2.05) is 74.5 Å². The summed E-state index contributed by atoms with van der Waals surface area (Å²) < 4.78 is 12.4. The number of carbonyl (C=O) groups is 1. The number of hydrogen-bond donors (Lipinski definition) is 1. The van der Waals surface area contributed by atoms with Crippen LogP contribution in [0.15, 0.2) is 81.9 Å². The van der Waals surface area contributed by atoms with Crippen LogP contribution in [0.25, 0.3) is 27.7 Å². The van der Waals surface area contributed by atoms with Gasteiger partial charge in [-0.05, 0) is 55.3 Å². The van der Waals surface area contributed by atoms with Crippen LogP contribution >= 0.6 is 15.9 Å². The third-order valence-electron chi connectivity index (χ3n) is 5.12. The molecule has 0 radical (unpaired) electrons. The molecule has 0 aliphatic heterocycles. The number of aryl methyl sites for hydroxylation is 1. The number of nitrogens with one attached hydrogen (secondary N) is 1. The van der Waals surface area contributed by atoms with Crippen molar-refractivity contribution in [3.8, 4) is 16.9 Å². The van der Waals surface area contributed by atoms with Gasteiger partial charge in [0.15, 0.2) is 0 Å². The topological polar surface area (TPSA) is 51.5 Å². The Labute approximate surface area is 189 Å². The number of halogens is 1. The molecule has 5 heteroatoms. The van der Waals surface area contributed by atoms with Gasteiger partial charge in [-0.1, -0.05) is 45.8 Å². The summed E-state index contributed by atoms with van der Waals surface area (Å²) in [6.45, 7) is 3.91. The molecular formula is C26H22BrNO3. The molecule has 0 fully saturated rings. The predicted octanol–water partition coefficient (Wildman–Crippen LogP) is 7.22.